The summed E-state index contributed by atoms with van der Waals surface area (Å²) < 4.78 is 7.69. The van der Waals surface area contributed by atoms with E-state index in [2.05, 4.69) is 22.1 Å². The summed E-state index contributed by atoms with van der Waals surface area (Å²) in [4.78, 5) is 15.9. The molecule has 2 bridgehead atoms. The summed E-state index contributed by atoms with van der Waals surface area (Å²) in [7, 11) is 0. The van der Waals surface area contributed by atoms with Crippen LogP contribution in [0.5, 0.6) is 5.75 Å². The number of nitrogens with zero attached hydrogens (tertiary/aromatic N) is 2. The summed E-state index contributed by atoms with van der Waals surface area (Å²) in [6.45, 7) is 1.07. The third-order valence-electron chi connectivity index (χ3n) is 5.78. The second-order valence-corrected chi connectivity index (χ2v) is 7.89. The molecule has 5 rings (SSSR count). The van der Waals surface area contributed by atoms with E-state index in [4.69, 9.17) is 10.5 Å². The molecule has 2 fully saturated rings. The van der Waals surface area contributed by atoms with Crippen LogP contribution in [0.2, 0.25) is 0 Å². The van der Waals surface area contributed by atoms with Gasteiger partial charge >= 0.3 is 0 Å². The first-order valence-corrected chi connectivity index (χ1v) is 9.65. The van der Waals surface area contributed by atoms with E-state index in [1.165, 1.54) is 0 Å². The summed E-state index contributed by atoms with van der Waals surface area (Å²) in [5.74, 6) is 7.04. The first-order valence-electron chi connectivity index (χ1n) is 9.65. The van der Waals surface area contributed by atoms with Gasteiger partial charge in [-0.1, -0.05) is 11.8 Å². The molecular weight excluding hydrogens is 356 g/mol. The average molecular weight is 378 g/mol. The SMILES string of the molecule is NC(=O)c1cn2c(n1)-c1cc(C#CC3(O)CC4CCC(C3)N4)ccc1OCC2. The molecule has 4 heterocycles. The summed E-state index contributed by atoms with van der Waals surface area (Å²) in [6.07, 6.45) is 5.20. The Morgan fingerprint density at radius 2 is 2.14 bits per heavy atom. The normalized spacial score (nSPS) is 27.6. The quantitative estimate of drug-likeness (QED) is 0.644. The Bertz CT molecular complexity index is 1000. The minimum Gasteiger partial charge on any atom is -0.491 e. The molecule has 2 aromatic rings. The minimum absolute atomic E-state index is 0.235. The standard InChI is InChI=1S/C21H22N4O3/c22-19(26)17-12-25-7-8-28-18-4-1-13(9-16(18)20(25)24-17)5-6-21(27)10-14-2-3-15(11-21)23-14/h1,4,9,12,14-15,23,27H,2-3,7-8,10-11H2,(H2,22,26). The van der Waals surface area contributed by atoms with Crippen molar-refractivity contribution in [2.75, 3.05) is 6.61 Å². The second-order valence-electron chi connectivity index (χ2n) is 7.89. The van der Waals surface area contributed by atoms with E-state index < -0.39 is 11.5 Å². The van der Waals surface area contributed by atoms with E-state index in [1.54, 1.807) is 6.20 Å². The van der Waals surface area contributed by atoms with Gasteiger partial charge in [-0.15, -0.1) is 0 Å². The average Bonchev–Trinajstić information content (AvgIpc) is 3.20. The molecule has 0 aliphatic carbocycles. The van der Waals surface area contributed by atoms with E-state index >= 15 is 0 Å². The van der Waals surface area contributed by atoms with Crippen molar-refractivity contribution in [3.63, 3.8) is 0 Å². The molecule has 1 aromatic heterocycles. The minimum atomic E-state index is -0.946. The number of piperidine rings is 1. The zero-order valence-electron chi connectivity index (χ0n) is 15.4. The number of imidazole rings is 1. The van der Waals surface area contributed by atoms with Gasteiger partial charge in [0, 0.05) is 36.7 Å². The number of carbonyl (C=O) groups is 1. The maximum Gasteiger partial charge on any atom is 0.268 e. The Morgan fingerprint density at radius 3 is 2.89 bits per heavy atom. The van der Waals surface area contributed by atoms with Crippen LogP contribution in [-0.4, -0.2) is 44.9 Å². The highest BCUT2D eigenvalue weighted by molar-refractivity contribution is 5.91. The topological polar surface area (TPSA) is 102 Å². The molecular formula is C21H22N4O3. The number of hydrogen-bond donors (Lipinski definition) is 3. The molecule has 144 valence electrons. The molecule has 2 saturated heterocycles. The Hall–Kier alpha value is -2.82. The van der Waals surface area contributed by atoms with Crippen LogP contribution in [0, 0.1) is 11.8 Å². The number of amides is 1. The predicted octanol–water partition coefficient (Wildman–Crippen LogP) is 1.04. The van der Waals surface area contributed by atoms with Crippen LogP contribution >= 0.6 is 0 Å². The van der Waals surface area contributed by atoms with Crippen LogP contribution in [0.4, 0.5) is 0 Å². The molecule has 0 radical (unpaired) electrons. The summed E-state index contributed by atoms with van der Waals surface area (Å²) >= 11 is 0. The van der Waals surface area contributed by atoms with Gasteiger partial charge in [0.2, 0.25) is 0 Å². The summed E-state index contributed by atoms with van der Waals surface area (Å²) in [5, 5.41) is 14.4. The van der Waals surface area contributed by atoms with Gasteiger partial charge in [-0.3, -0.25) is 4.79 Å². The van der Waals surface area contributed by atoms with Gasteiger partial charge < -0.3 is 25.5 Å². The molecule has 28 heavy (non-hydrogen) atoms. The van der Waals surface area contributed by atoms with E-state index in [9.17, 15) is 9.90 Å². The molecule has 0 saturated carbocycles. The lowest BCUT2D eigenvalue weighted by Crippen LogP contribution is -2.47. The number of benzene rings is 1. The maximum atomic E-state index is 11.5. The lowest BCUT2D eigenvalue weighted by atomic mass is 9.88. The van der Waals surface area contributed by atoms with Crippen molar-refractivity contribution in [1.82, 2.24) is 14.9 Å². The van der Waals surface area contributed by atoms with Crippen molar-refractivity contribution in [3.05, 3.63) is 35.7 Å². The number of aliphatic hydroxyl groups is 1. The van der Waals surface area contributed by atoms with Gasteiger partial charge in [0.05, 0.1) is 12.1 Å². The van der Waals surface area contributed by atoms with Gasteiger partial charge in [0.1, 0.15) is 29.5 Å². The van der Waals surface area contributed by atoms with Gasteiger partial charge in [0.15, 0.2) is 0 Å². The van der Waals surface area contributed by atoms with E-state index in [1.807, 2.05) is 22.8 Å². The van der Waals surface area contributed by atoms with Crippen molar-refractivity contribution in [3.8, 4) is 29.0 Å². The number of rotatable bonds is 1. The zero-order chi connectivity index (χ0) is 19.3. The molecule has 1 amide bonds. The van der Waals surface area contributed by atoms with Crippen LogP contribution in [0.3, 0.4) is 0 Å². The highest BCUT2D eigenvalue weighted by Crippen LogP contribution is 2.35. The van der Waals surface area contributed by atoms with Crippen molar-refractivity contribution >= 4 is 5.91 Å². The van der Waals surface area contributed by atoms with Gasteiger partial charge in [0.25, 0.3) is 5.91 Å². The molecule has 7 nitrogen and oxygen atoms in total. The van der Waals surface area contributed by atoms with Crippen LogP contribution in [0.1, 0.15) is 41.7 Å². The number of ether oxygens (including phenoxy) is 1. The highest BCUT2D eigenvalue weighted by Gasteiger charge is 2.41. The molecule has 0 spiro atoms. The third kappa shape index (κ3) is 3.05. The molecule has 7 heteroatoms. The van der Waals surface area contributed by atoms with E-state index in [0.717, 1.165) is 24.0 Å². The van der Waals surface area contributed by atoms with Crippen molar-refractivity contribution in [2.24, 2.45) is 5.73 Å². The van der Waals surface area contributed by atoms with Crippen LogP contribution < -0.4 is 15.8 Å². The largest absolute Gasteiger partial charge is 0.491 e. The van der Waals surface area contributed by atoms with Gasteiger partial charge in [-0.05, 0) is 31.0 Å². The predicted molar refractivity (Wildman–Crippen MR) is 103 cm³/mol. The number of hydrogen-bond acceptors (Lipinski definition) is 5. The molecule has 3 aliphatic rings. The summed E-state index contributed by atoms with van der Waals surface area (Å²) in [5.41, 5.74) is 6.22. The van der Waals surface area contributed by atoms with E-state index in [-0.39, 0.29) is 5.69 Å². The summed E-state index contributed by atoms with van der Waals surface area (Å²) in [6, 6.07) is 6.37. The molecule has 3 aliphatic heterocycles. The van der Waals surface area contributed by atoms with Crippen LogP contribution in [-0.2, 0) is 6.54 Å². The lowest BCUT2D eigenvalue weighted by molar-refractivity contribution is 0.0480. The lowest BCUT2D eigenvalue weighted by Gasteiger charge is -2.33. The Kier molecular flexibility index (Phi) is 3.93. The number of fused-ring (bicyclic) bond motifs is 5. The fourth-order valence-corrected chi connectivity index (χ4v) is 4.50. The number of primary amides is 1. The Balaban J connectivity index is 1.49. The number of nitrogens with one attached hydrogen (secondary N) is 1. The molecule has 1 aromatic carbocycles. The monoisotopic (exact) mass is 378 g/mol. The fraction of sp³-hybridized carbons (Fsp3) is 0.429. The van der Waals surface area contributed by atoms with Crippen LogP contribution in [0.25, 0.3) is 11.4 Å². The van der Waals surface area contributed by atoms with Gasteiger partial charge in [-0.2, -0.15) is 0 Å². The first kappa shape index (κ1) is 17.3. The van der Waals surface area contributed by atoms with Crippen molar-refractivity contribution in [2.45, 2.75) is 49.9 Å². The molecule has 2 unspecified atom stereocenters. The first-order chi connectivity index (χ1) is 13.5. The molecule has 2 atom stereocenters. The Morgan fingerprint density at radius 1 is 1.36 bits per heavy atom. The smallest absolute Gasteiger partial charge is 0.268 e. The second kappa shape index (κ2) is 6.36. The third-order valence-corrected chi connectivity index (χ3v) is 5.78. The number of nitrogens with two attached hydrogens (primary N) is 1. The van der Waals surface area contributed by atoms with Crippen molar-refractivity contribution < 1.29 is 14.6 Å². The molecule has 4 N–H and O–H groups in total. The van der Waals surface area contributed by atoms with E-state index in [0.29, 0.717) is 49.7 Å². The highest BCUT2D eigenvalue weighted by atomic mass is 16.5. The zero-order valence-corrected chi connectivity index (χ0v) is 15.4. The number of aromatic nitrogens is 2. The maximum absolute atomic E-state index is 11.5. The number of carbonyl (C=O) groups excluding carboxylic acids is 1. The van der Waals surface area contributed by atoms with Gasteiger partial charge in [-0.25, -0.2) is 4.98 Å². The fourth-order valence-electron chi connectivity index (χ4n) is 4.50. The van der Waals surface area contributed by atoms with Crippen LogP contribution in [0.15, 0.2) is 24.4 Å². The Labute approximate surface area is 162 Å². The van der Waals surface area contributed by atoms with Crippen molar-refractivity contribution in [1.29, 1.82) is 0 Å².